The summed E-state index contributed by atoms with van der Waals surface area (Å²) in [5.41, 5.74) is 26.0. The number of carboxylic acids is 1. The first-order valence-electron chi connectivity index (χ1n) is 19.3. The van der Waals surface area contributed by atoms with Crippen molar-refractivity contribution < 1.29 is 66.1 Å². The normalized spacial score (nSPS) is 11.8. The van der Waals surface area contributed by atoms with Gasteiger partial charge in [-0.25, -0.2) is 0 Å². The third-order valence-corrected chi connectivity index (χ3v) is 8.84. The highest BCUT2D eigenvalue weighted by atomic mass is 16.4. The van der Waals surface area contributed by atoms with Crippen LogP contribution in [0.5, 0.6) is 51.7 Å². The molecule has 0 saturated heterocycles. The van der Waals surface area contributed by atoms with E-state index in [1.807, 2.05) is 12.3 Å². The van der Waals surface area contributed by atoms with Crippen LogP contribution in [0.1, 0.15) is 40.0 Å². The second-order valence-corrected chi connectivity index (χ2v) is 13.7. The molecule has 0 aliphatic heterocycles. The number of phenols is 9. The van der Waals surface area contributed by atoms with Crippen LogP contribution in [0.4, 0.5) is 0 Å². The van der Waals surface area contributed by atoms with E-state index in [2.05, 4.69) is 10.3 Å². The lowest BCUT2D eigenvalue weighted by molar-refractivity contribution is -0.138. The number of aromatic amines is 1. The van der Waals surface area contributed by atoms with E-state index in [0.29, 0.717) is 48.5 Å². The van der Waals surface area contributed by atoms with E-state index in [0.717, 1.165) is 28.5 Å². The standard InChI is InChI=1S/C10H12N2O.C9H11NO4.C9H13NO3.C8H11NO3.C8H11NO2/c11-4-3-7-6-12-10-2-1-8(13)5-9(7)10;10-6(9(13)14)3-5-1-2-7(11)8(12)4-5;1-10-5-9(13)6-2-3-7(11)8(12)4-6;9-4-8(12)5-1-2-6(10)7(11)3-5;9-4-3-6-1-2-7(10)8(11)5-6/h1-2,5-6,12-13H,3-4,11H2;1-2,4,6,11-12H,3,10H2,(H,13,14);2-4,9-13H,5H2,1H3;1-3,8,10-12H,4,9H2;1-2,5,10-11H,3-4,9H2/t;;9-;8-;/m..00./s1. The lowest BCUT2D eigenvalue weighted by Crippen LogP contribution is -2.32. The summed E-state index contributed by atoms with van der Waals surface area (Å²) >= 11 is 0. The monoisotopic (exact) mass is 878 g/mol. The molecule has 0 amide bonds. The van der Waals surface area contributed by atoms with Crippen molar-refractivity contribution in [3.8, 4) is 51.7 Å². The van der Waals surface area contributed by atoms with Gasteiger partial charge in [0, 0.05) is 30.2 Å². The molecular formula is C44H58N6O13. The van der Waals surface area contributed by atoms with Crippen LogP contribution in [0, 0.1) is 0 Å². The van der Waals surface area contributed by atoms with Crippen molar-refractivity contribution in [2.45, 2.75) is 37.5 Å². The Morgan fingerprint density at radius 1 is 0.603 bits per heavy atom. The van der Waals surface area contributed by atoms with Gasteiger partial charge in [-0.2, -0.15) is 0 Å². The van der Waals surface area contributed by atoms with Gasteiger partial charge in [0.25, 0.3) is 0 Å². The summed E-state index contributed by atoms with van der Waals surface area (Å²) in [4.78, 5) is 13.6. The highest BCUT2D eigenvalue weighted by Crippen LogP contribution is 2.29. The predicted molar refractivity (Wildman–Crippen MR) is 237 cm³/mol. The maximum absolute atomic E-state index is 10.4. The number of nitrogens with one attached hydrogen (secondary N) is 2. The Kier molecular flexibility index (Phi) is 21.8. The first-order valence-corrected chi connectivity index (χ1v) is 19.3. The Morgan fingerprint density at radius 3 is 1.54 bits per heavy atom. The fraction of sp³-hybridized carbons (Fsp3) is 0.250. The van der Waals surface area contributed by atoms with Crippen molar-refractivity contribution in [2.75, 3.05) is 33.2 Å². The summed E-state index contributed by atoms with van der Waals surface area (Å²) in [7, 11) is 1.73. The fourth-order valence-electron chi connectivity index (χ4n) is 5.40. The number of H-pyrrole nitrogens is 1. The van der Waals surface area contributed by atoms with Crippen LogP contribution < -0.4 is 28.3 Å². The summed E-state index contributed by atoms with van der Waals surface area (Å²) in [6, 6.07) is 21.5. The number of carbonyl (C=O) groups is 1. The number of nitrogens with two attached hydrogens (primary N) is 4. The van der Waals surface area contributed by atoms with Gasteiger partial charge < -0.3 is 94.5 Å². The molecule has 19 nitrogen and oxygen atoms in total. The first kappa shape index (κ1) is 52.2. The molecule has 0 radical (unpaired) electrons. The minimum Gasteiger partial charge on any atom is -0.508 e. The summed E-state index contributed by atoms with van der Waals surface area (Å²) in [6.07, 6.45) is 2.14. The van der Waals surface area contributed by atoms with E-state index in [-0.39, 0.29) is 59.0 Å². The number of hydrogen-bond acceptors (Lipinski definition) is 17. The van der Waals surface area contributed by atoms with E-state index >= 15 is 0 Å². The number of aromatic nitrogens is 1. The zero-order chi connectivity index (χ0) is 47.2. The number of rotatable bonds is 12. The number of benzene rings is 5. The molecule has 1 aromatic heterocycles. The molecule has 1 unspecified atom stereocenters. The molecule has 5 aromatic carbocycles. The summed E-state index contributed by atoms with van der Waals surface area (Å²) in [5, 5.41) is 113. The Morgan fingerprint density at radius 2 is 1.08 bits per heavy atom. The summed E-state index contributed by atoms with van der Waals surface area (Å²) in [6.45, 7) is 1.67. The van der Waals surface area contributed by atoms with Gasteiger partial charge in [0.15, 0.2) is 46.0 Å². The number of aliphatic hydroxyl groups excluding tert-OH is 2. The van der Waals surface area contributed by atoms with Crippen LogP contribution in [0.2, 0.25) is 0 Å². The van der Waals surface area contributed by atoms with Crippen molar-refractivity contribution in [2.24, 2.45) is 22.9 Å². The smallest absolute Gasteiger partial charge is 0.320 e. The van der Waals surface area contributed by atoms with E-state index in [1.165, 1.54) is 60.7 Å². The molecule has 22 N–H and O–H groups in total. The number of aromatic hydroxyl groups is 9. The van der Waals surface area contributed by atoms with Crippen molar-refractivity contribution in [3.63, 3.8) is 0 Å². The fourth-order valence-corrected chi connectivity index (χ4v) is 5.40. The lowest BCUT2D eigenvalue weighted by atomic mass is 10.1. The zero-order valence-electron chi connectivity index (χ0n) is 34.5. The average Bonchev–Trinajstić information content (AvgIpc) is 3.65. The van der Waals surface area contributed by atoms with Crippen LogP contribution >= 0.6 is 0 Å². The van der Waals surface area contributed by atoms with E-state index < -0.39 is 24.2 Å². The van der Waals surface area contributed by atoms with Gasteiger partial charge in [-0.3, -0.25) is 4.79 Å². The van der Waals surface area contributed by atoms with Gasteiger partial charge in [0.2, 0.25) is 0 Å². The highest BCUT2D eigenvalue weighted by molar-refractivity contribution is 5.84. The van der Waals surface area contributed by atoms with Crippen molar-refractivity contribution in [1.82, 2.24) is 10.3 Å². The van der Waals surface area contributed by atoms with E-state index in [4.69, 9.17) is 68.9 Å². The second-order valence-electron chi connectivity index (χ2n) is 13.7. The predicted octanol–water partition coefficient (Wildman–Crippen LogP) is 2.47. The third-order valence-electron chi connectivity index (χ3n) is 8.84. The lowest BCUT2D eigenvalue weighted by Gasteiger charge is -2.10. The van der Waals surface area contributed by atoms with Gasteiger partial charge >= 0.3 is 5.97 Å². The second kappa shape index (κ2) is 26.4. The molecule has 342 valence electrons. The van der Waals surface area contributed by atoms with Gasteiger partial charge in [-0.05, 0) is 134 Å². The average molecular weight is 879 g/mol. The third kappa shape index (κ3) is 17.5. The Hall–Kier alpha value is -6.97. The molecule has 0 fully saturated rings. The van der Waals surface area contributed by atoms with Crippen LogP contribution in [0.3, 0.4) is 0 Å². The van der Waals surface area contributed by atoms with Crippen molar-refractivity contribution in [3.05, 3.63) is 125 Å². The largest absolute Gasteiger partial charge is 0.508 e. The number of carboxylic acid groups (broad SMARTS) is 1. The maximum atomic E-state index is 10.4. The molecule has 63 heavy (non-hydrogen) atoms. The number of hydrogen-bond donors (Lipinski definition) is 18. The van der Waals surface area contributed by atoms with E-state index in [1.54, 1.807) is 31.3 Å². The number of aliphatic carboxylic acids is 1. The first-order chi connectivity index (χ1) is 29.8. The maximum Gasteiger partial charge on any atom is 0.320 e. The minimum absolute atomic E-state index is 0.0871. The van der Waals surface area contributed by atoms with Crippen LogP contribution in [0.25, 0.3) is 10.9 Å². The molecule has 6 rings (SSSR count). The molecular weight excluding hydrogens is 821 g/mol. The Labute approximate surface area is 363 Å². The Balaban J connectivity index is 0.000000271. The van der Waals surface area contributed by atoms with Crippen molar-refractivity contribution >= 4 is 16.9 Å². The quantitative estimate of drug-likeness (QED) is 0.0785. The molecule has 19 heteroatoms. The van der Waals surface area contributed by atoms with Crippen LogP contribution in [-0.2, 0) is 24.1 Å². The molecule has 0 saturated carbocycles. The number of phenolic OH excluding ortho intramolecular Hbond substituents is 9. The van der Waals surface area contributed by atoms with Crippen LogP contribution in [-0.4, -0.2) is 112 Å². The minimum atomic E-state index is -1.10. The van der Waals surface area contributed by atoms with E-state index in [9.17, 15) is 20.1 Å². The van der Waals surface area contributed by atoms with Crippen LogP contribution in [0.15, 0.2) is 97.2 Å². The van der Waals surface area contributed by atoms with Crippen molar-refractivity contribution in [1.29, 1.82) is 0 Å². The molecule has 0 bridgehead atoms. The summed E-state index contributed by atoms with van der Waals surface area (Å²) in [5.74, 6) is -2.35. The van der Waals surface area contributed by atoms with Gasteiger partial charge in [0.1, 0.15) is 11.8 Å². The summed E-state index contributed by atoms with van der Waals surface area (Å²) < 4.78 is 0. The topological polar surface area (TPSA) is 392 Å². The number of aliphatic hydroxyl groups is 2. The Bertz CT molecular complexity index is 2330. The highest BCUT2D eigenvalue weighted by Gasteiger charge is 2.13. The molecule has 3 atom stereocenters. The van der Waals surface area contributed by atoms with Gasteiger partial charge in [-0.1, -0.05) is 24.3 Å². The SMILES string of the molecule is CNC[C@H](O)c1ccc(O)c(O)c1.NC(Cc1ccc(O)c(O)c1)C(=O)O.NCCc1c[nH]c2ccc(O)cc12.NCCc1ccc(O)c(O)c1.NC[C@H](O)c1ccc(O)c(O)c1. The molecule has 1 heterocycles. The molecule has 0 aliphatic rings. The molecule has 0 aliphatic carbocycles. The molecule has 0 spiro atoms. The van der Waals surface area contributed by atoms with Gasteiger partial charge in [-0.15, -0.1) is 0 Å². The molecule has 6 aromatic rings. The van der Waals surface area contributed by atoms with Gasteiger partial charge in [0.05, 0.1) is 12.2 Å². The zero-order valence-corrected chi connectivity index (χ0v) is 34.5. The number of likely N-dealkylation sites (N-methyl/N-ethyl adjacent to an activating group) is 1. The number of fused-ring (bicyclic) bond motifs is 1.